The number of nitrogens with one attached hydrogen (secondary N) is 1. The molecule has 0 radical (unpaired) electrons. The molecule has 5 nitrogen and oxygen atoms in total. The van der Waals surface area contributed by atoms with Crippen molar-refractivity contribution in [2.24, 2.45) is 0 Å². The Hall–Kier alpha value is -2.27. The Kier molecular flexibility index (Phi) is 3.66. The minimum atomic E-state index is -0.206. The van der Waals surface area contributed by atoms with Gasteiger partial charge in [0, 0.05) is 17.7 Å². The molecule has 0 saturated carbocycles. The van der Waals surface area contributed by atoms with Gasteiger partial charge in [-0.2, -0.15) is 0 Å². The number of hydrogen-bond donors (Lipinski definition) is 1. The summed E-state index contributed by atoms with van der Waals surface area (Å²) in [4.78, 5) is 14.4. The number of benzene rings is 1. The number of fused-ring (bicyclic) bond motifs is 1. The normalized spacial score (nSPS) is 16.6. The van der Waals surface area contributed by atoms with Crippen molar-refractivity contribution in [1.29, 1.82) is 0 Å². The maximum absolute atomic E-state index is 12.4. The first kappa shape index (κ1) is 13.7. The summed E-state index contributed by atoms with van der Waals surface area (Å²) in [5, 5.41) is 2.97. The zero-order valence-corrected chi connectivity index (χ0v) is 12.1. The van der Waals surface area contributed by atoms with Crippen LogP contribution in [0.1, 0.15) is 27.7 Å². The highest BCUT2D eigenvalue weighted by Crippen LogP contribution is 2.31. The molecule has 2 heterocycles. The predicted octanol–water partition coefficient (Wildman–Crippen LogP) is 2.20. The van der Waals surface area contributed by atoms with Gasteiger partial charge in [-0.15, -0.1) is 0 Å². The first-order chi connectivity index (χ1) is 10.1. The second kappa shape index (κ2) is 5.61. The number of rotatable bonds is 4. The number of nitrogens with zero attached hydrogens (tertiary/aromatic N) is 1. The molecule has 1 aromatic carbocycles. The van der Waals surface area contributed by atoms with Gasteiger partial charge in [0.05, 0.1) is 12.3 Å². The Morgan fingerprint density at radius 2 is 2.14 bits per heavy atom. The van der Waals surface area contributed by atoms with Crippen molar-refractivity contribution in [2.45, 2.75) is 12.6 Å². The van der Waals surface area contributed by atoms with E-state index >= 15 is 0 Å². The quantitative estimate of drug-likeness (QED) is 0.936. The number of carbonyl (C=O) groups is 1. The highest BCUT2D eigenvalue weighted by Gasteiger charge is 2.27. The summed E-state index contributed by atoms with van der Waals surface area (Å²) in [5.74, 6) is 0.992. The number of hydrogen-bond acceptors (Lipinski definition) is 4. The van der Waals surface area contributed by atoms with Gasteiger partial charge >= 0.3 is 0 Å². The Bertz CT molecular complexity index is 648. The van der Waals surface area contributed by atoms with E-state index in [1.165, 1.54) is 0 Å². The van der Waals surface area contributed by atoms with Gasteiger partial charge in [0.1, 0.15) is 12.4 Å². The zero-order valence-electron chi connectivity index (χ0n) is 12.1. The smallest absolute Gasteiger partial charge is 0.287 e. The molecule has 0 spiro atoms. The van der Waals surface area contributed by atoms with Crippen LogP contribution >= 0.6 is 0 Å². The Morgan fingerprint density at radius 1 is 1.33 bits per heavy atom. The van der Waals surface area contributed by atoms with Gasteiger partial charge in [0.25, 0.3) is 5.91 Å². The van der Waals surface area contributed by atoms with Crippen molar-refractivity contribution in [2.75, 3.05) is 20.7 Å². The standard InChI is InChI=1S/C16H18N2O3/c1-18(2)9-11-7-8-20-15(11)16(19)17-13-10-21-14-6-4-3-5-12(13)14/h3-8,13H,9-10H2,1-2H3,(H,17,19)/t13-/m1/s1. The molecule has 1 aliphatic heterocycles. The SMILES string of the molecule is CN(C)Cc1ccoc1C(=O)N[C@@H]1COc2ccccc21. The summed E-state index contributed by atoms with van der Waals surface area (Å²) >= 11 is 0. The monoisotopic (exact) mass is 286 g/mol. The largest absolute Gasteiger partial charge is 0.491 e. The fourth-order valence-electron chi connectivity index (χ4n) is 2.51. The molecule has 3 rings (SSSR count). The molecule has 0 aliphatic carbocycles. The van der Waals surface area contributed by atoms with Crippen molar-refractivity contribution < 1.29 is 13.9 Å². The minimum Gasteiger partial charge on any atom is -0.491 e. The molecule has 2 aromatic rings. The third kappa shape index (κ3) is 2.78. The Balaban J connectivity index is 1.75. The van der Waals surface area contributed by atoms with Crippen molar-refractivity contribution in [3.8, 4) is 5.75 Å². The van der Waals surface area contributed by atoms with Gasteiger partial charge < -0.3 is 19.4 Å². The first-order valence-corrected chi connectivity index (χ1v) is 6.89. The van der Waals surface area contributed by atoms with Gasteiger partial charge in [-0.05, 0) is 26.2 Å². The zero-order chi connectivity index (χ0) is 14.8. The first-order valence-electron chi connectivity index (χ1n) is 6.89. The molecule has 1 amide bonds. The van der Waals surface area contributed by atoms with Crippen LogP contribution in [0.3, 0.4) is 0 Å². The van der Waals surface area contributed by atoms with Gasteiger partial charge in [0.15, 0.2) is 5.76 Å². The molecule has 21 heavy (non-hydrogen) atoms. The lowest BCUT2D eigenvalue weighted by Gasteiger charge is -2.12. The van der Waals surface area contributed by atoms with E-state index in [9.17, 15) is 4.79 Å². The molecule has 1 aromatic heterocycles. The van der Waals surface area contributed by atoms with Crippen LogP contribution in [0, 0.1) is 0 Å². The second-order valence-corrected chi connectivity index (χ2v) is 5.39. The average molecular weight is 286 g/mol. The number of para-hydroxylation sites is 1. The molecule has 0 unspecified atom stereocenters. The lowest BCUT2D eigenvalue weighted by Crippen LogP contribution is -2.30. The minimum absolute atomic E-state index is 0.133. The summed E-state index contributed by atoms with van der Waals surface area (Å²) in [6.45, 7) is 1.12. The molecular weight excluding hydrogens is 268 g/mol. The molecule has 0 saturated heterocycles. The van der Waals surface area contributed by atoms with E-state index in [4.69, 9.17) is 9.15 Å². The Morgan fingerprint density at radius 3 is 2.95 bits per heavy atom. The van der Waals surface area contributed by atoms with E-state index in [0.717, 1.165) is 16.9 Å². The summed E-state index contributed by atoms with van der Waals surface area (Å²) in [7, 11) is 3.91. The summed E-state index contributed by atoms with van der Waals surface area (Å²) in [5.41, 5.74) is 1.89. The number of ether oxygens (including phenoxy) is 1. The number of furan rings is 1. The van der Waals surface area contributed by atoms with E-state index in [2.05, 4.69) is 5.32 Å². The molecule has 1 atom stereocenters. The average Bonchev–Trinajstić information content (AvgIpc) is 3.06. The van der Waals surface area contributed by atoms with Crippen LogP contribution in [-0.2, 0) is 6.54 Å². The second-order valence-electron chi connectivity index (χ2n) is 5.39. The molecular formula is C16H18N2O3. The van der Waals surface area contributed by atoms with Gasteiger partial charge in [-0.25, -0.2) is 0 Å². The van der Waals surface area contributed by atoms with E-state index in [1.807, 2.05) is 49.3 Å². The lowest BCUT2D eigenvalue weighted by atomic mass is 10.1. The van der Waals surface area contributed by atoms with E-state index in [-0.39, 0.29) is 11.9 Å². The molecule has 0 fully saturated rings. The lowest BCUT2D eigenvalue weighted by molar-refractivity contribution is 0.0900. The molecule has 1 aliphatic rings. The summed E-state index contributed by atoms with van der Waals surface area (Å²) in [6, 6.07) is 9.43. The van der Waals surface area contributed by atoms with Crippen molar-refractivity contribution >= 4 is 5.91 Å². The molecule has 5 heteroatoms. The van der Waals surface area contributed by atoms with E-state index < -0.39 is 0 Å². The highest BCUT2D eigenvalue weighted by molar-refractivity contribution is 5.93. The van der Waals surface area contributed by atoms with Crippen LogP contribution in [-0.4, -0.2) is 31.5 Å². The van der Waals surface area contributed by atoms with Gasteiger partial charge in [0.2, 0.25) is 0 Å². The molecule has 0 bridgehead atoms. The van der Waals surface area contributed by atoms with Crippen LogP contribution in [0.2, 0.25) is 0 Å². The topological polar surface area (TPSA) is 54.7 Å². The van der Waals surface area contributed by atoms with E-state index in [1.54, 1.807) is 6.26 Å². The van der Waals surface area contributed by atoms with Crippen LogP contribution in [0.5, 0.6) is 5.75 Å². The van der Waals surface area contributed by atoms with Crippen LogP contribution in [0.25, 0.3) is 0 Å². The molecule has 110 valence electrons. The van der Waals surface area contributed by atoms with Crippen LogP contribution < -0.4 is 10.1 Å². The number of amides is 1. The summed E-state index contributed by atoms with van der Waals surface area (Å²) < 4.78 is 10.9. The number of carbonyl (C=O) groups excluding carboxylic acids is 1. The third-order valence-electron chi connectivity index (χ3n) is 3.44. The maximum atomic E-state index is 12.4. The summed E-state index contributed by atoms with van der Waals surface area (Å²) in [6.07, 6.45) is 1.55. The molecule has 1 N–H and O–H groups in total. The Labute approximate surface area is 123 Å². The van der Waals surface area contributed by atoms with Gasteiger partial charge in [-0.3, -0.25) is 4.79 Å². The predicted molar refractivity (Wildman–Crippen MR) is 78.2 cm³/mol. The van der Waals surface area contributed by atoms with Crippen molar-refractivity contribution in [3.05, 3.63) is 53.5 Å². The maximum Gasteiger partial charge on any atom is 0.287 e. The van der Waals surface area contributed by atoms with E-state index in [0.29, 0.717) is 18.9 Å². The third-order valence-corrected chi connectivity index (χ3v) is 3.44. The highest BCUT2D eigenvalue weighted by atomic mass is 16.5. The fourth-order valence-corrected chi connectivity index (χ4v) is 2.51. The van der Waals surface area contributed by atoms with Crippen molar-refractivity contribution in [3.63, 3.8) is 0 Å². The van der Waals surface area contributed by atoms with Crippen LogP contribution in [0.15, 0.2) is 41.0 Å². The fraction of sp³-hybridized carbons (Fsp3) is 0.312. The van der Waals surface area contributed by atoms with Crippen molar-refractivity contribution in [1.82, 2.24) is 10.2 Å². The van der Waals surface area contributed by atoms with Gasteiger partial charge in [-0.1, -0.05) is 18.2 Å². The van der Waals surface area contributed by atoms with Crippen LogP contribution in [0.4, 0.5) is 0 Å².